The van der Waals surface area contributed by atoms with E-state index in [1.807, 2.05) is 103 Å². The van der Waals surface area contributed by atoms with Crippen molar-refractivity contribution in [3.05, 3.63) is 160 Å². The van der Waals surface area contributed by atoms with Gasteiger partial charge in [-0.25, -0.2) is 0 Å². The van der Waals surface area contributed by atoms with Crippen LogP contribution in [-0.2, 0) is 21.6 Å². The second-order valence-corrected chi connectivity index (χ2v) is 13.8. The van der Waals surface area contributed by atoms with Gasteiger partial charge in [-0.2, -0.15) is 10.3 Å². The minimum absolute atomic E-state index is 0.0300. The second kappa shape index (κ2) is 16.7. The molecule has 0 radical (unpaired) electrons. The summed E-state index contributed by atoms with van der Waals surface area (Å²) in [4.78, 5) is 20.0. The average molecular weight is 793 g/mol. The molecule has 0 bridgehead atoms. The number of methoxy groups -OCH3 is 1. The van der Waals surface area contributed by atoms with Crippen LogP contribution in [0.25, 0.3) is 33.7 Å². The molecule has 55 heavy (non-hydrogen) atoms. The van der Waals surface area contributed by atoms with E-state index in [-0.39, 0.29) is 6.54 Å². The zero-order valence-electron chi connectivity index (χ0n) is 30.5. The molecule has 2 aromatic heterocycles. The lowest BCUT2D eigenvalue weighted by atomic mass is 9.77. The summed E-state index contributed by atoms with van der Waals surface area (Å²) in [5.74, 6) is 1.18. The van der Waals surface area contributed by atoms with Crippen LogP contribution in [0, 0.1) is 11.5 Å². The summed E-state index contributed by atoms with van der Waals surface area (Å²) in [7, 11) is 1.35. The highest BCUT2D eigenvalue weighted by Gasteiger charge is 2.41. The maximum Gasteiger partial charge on any atom is 0.325 e. The third kappa shape index (κ3) is 7.41. The lowest BCUT2D eigenvalue weighted by Crippen LogP contribution is -2.39. The highest BCUT2D eigenvalue weighted by Crippen LogP contribution is 2.43. The Kier molecular flexibility index (Phi) is 11.3. The van der Waals surface area contributed by atoms with Crippen LogP contribution in [0.5, 0.6) is 0 Å². The van der Waals surface area contributed by atoms with Crippen molar-refractivity contribution in [3.8, 4) is 28.9 Å². The minimum atomic E-state index is -0.920. The number of furan rings is 1. The van der Waals surface area contributed by atoms with Crippen molar-refractivity contribution >= 4 is 38.7 Å². The van der Waals surface area contributed by atoms with Crippen LogP contribution in [0.4, 0.5) is 0 Å². The van der Waals surface area contributed by atoms with E-state index in [1.165, 1.54) is 7.11 Å². The zero-order chi connectivity index (χ0) is 38.2. The molecule has 7 aromatic rings. The number of rotatable bonds is 13. The van der Waals surface area contributed by atoms with E-state index in [2.05, 4.69) is 64.2 Å². The Balaban J connectivity index is 1.30. The van der Waals surface area contributed by atoms with Gasteiger partial charge in [0, 0.05) is 29.5 Å². The molecule has 0 amide bonds. The minimum Gasteiger partial charge on any atom is -0.468 e. The fraction of sp³-hybridized carbons (Fsp3) is 0.182. The Hall–Kier alpha value is -6.38. The quantitative estimate of drug-likeness (QED) is 0.0372. The van der Waals surface area contributed by atoms with E-state index in [4.69, 9.17) is 24.6 Å². The Bertz CT molecular complexity index is 2380. The third-order valence-corrected chi connectivity index (χ3v) is 10.4. The number of ether oxygens (including phenoxy) is 1. The maximum atomic E-state index is 12.4. The van der Waals surface area contributed by atoms with Crippen LogP contribution in [-0.4, -0.2) is 50.6 Å². The first-order chi connectivity index (χ1) is 27.0. The molecule has 0 fully saturated rings. The van der Waals surface area contributed by atoms with Crippen molar-refractivity contribution in [3.63, 3.8) is 0 Å². The lowest BCUT2D eigenvalue weighted by molar-refractivity contribution is -0.141. The van der Waals surface area contributed by atoms with E-state index >= 15 is 0 Å². The number of fused-ring (bicyclic) bond motifs is 1. The number of esters is 1. The summed E-state index contributed by atoms with van der Waals surface area (Å²) in [6.07, 6.45) is 4.23. The maximum absolute atomic E-state index is 12.4. The molecule has 0 atom stereocenters. The fourth-order valence-corrected chi connectivity index (χ4v) is 7.57. The van der Waals surface area contributed by atoms with Gasteiger partial charge in [-0.3, -0.25) is 4.79 Å². The van der Waals surface area contributed by atoms with E-state index < -0.39 is 11.5 Å². The number of hydrogen-bond donors (Lipinski definition) is 0. The highest BCUT2D eigenvalue weighted by atomic mass is 79.9. The molecular weight excluding hydrogens is 754 g/mol. The fourth-order valence-electron chi connectivity index (χ4n) is 6.97. The van der Waals surface area contributed by atoms with Crippen molar-refractivity contribution in [1.82, 2.24) is 25.1 Å². The van der Waals surface area contributed by atoms with Crippen LogP contribution in [0.3, 0.4) is 0 Å². The summed E-state index contributed by atoms with van der Waals surface area (Å²) in [6.45, 7) is 2.38. The predicted octanol–water partition coefficient (Wildman–Crippen LogP) is 9.40. The molecule has 0 unspecified atom stereocenters. The molecule has 7 rings (SSSR count). The van der Waals surface area contributed by atoms with Gasteiger partial charge >= 0.3 is 5.97 Å². The average Bonchev–Trinajstić information content (AvgIpc) is 3.85. The van der Waals surface area contributed by atoms with Crippen LogP contribution in [0.2, 0.25) is 0 Å². The van der Waals surface area contributed by atoms with E-state index in [0.29, 0.717) is 36.0 Å². The molecule has 0 spiro atoms. The van der Waals surface area contributed by atoms with Crippen LogP contribution in [0.15, 0.2) is 147 Å². The van der Waals surface area contributed by atoms with Crippen molar-refractivity contribution in [2.75, 3.05) is 13.7 Å². The summed E-state index contributed by atoms with van der Waals surface area (Å²) >= 11 is 3.85. The van der Waals surface area contributed by atoms with Gasteiger partial charge in [-0.1, -0.05) is 135 Å². The number of amidine groups is 1. The molecule has 5 aromatic carbocycles. The van der Waals surface area contributed by atoms with Gasteiger partial charge in [0.25, 0.3) is 0 Å². The topological polar surface area (TPSA) is 122 Å². The Morgan fingerprint density at radius 2 is 1.49 bits per heavy atom. The first-order valence-corrected chi connectivity index (χ1v) is 18.8. The van der Waals surface area contributed by atoms with Gasteiger partial charge in [0.05, 0.1) is 11.6 Å². The summed E-state index contributed by atoms with van der Waals surface area (Å²) in [6, 6.07) is 44.4. The van der Waals surface area contributed by atoms with Gasteiger partial charge in [0.2, 0.25) is 12.0 Å². The molecule has 274 valence electrons. The molecule has 10 nitrogen and oxygen atoms in total. The van der Waals surface area contributed by atoms with Gasteiger partial charge in [0.15, 0.2) is 5.54 Å². The molecule has 0 aliphatic carbocycles. The van der Waals surface area contributed by atoms with Crippen LogP contribution in [0.1, 0.15) is 48.4 Å². The van der Waals surface area contributed by atoms with Crippen molar-refractivity contribution in [2.24, 2.45) is 4.99 Å². The van der Waals surface area contributed by atoms with Crippen molar-refractivity contribution < 1.29 is 13.9 Å². The van der Waals surface area contributed by atoms with E-state index in [0.717, 1.165) is 56.1 Å². The largest absolute Gasteiger partial charge is 0.468 e. The van der Waals surface area contributed by atoms with Crippen molar-refractivity contribution in [1.29, 1.82) is 5.26 Å². The monoisotopic (exact) mass is 791 g/mol. The number of benzene rings is 5. The Morgan fingerprint density at radius 3 is 2.07 bits per heavy atom. The molecule has 2 heterocycles. The molecule has 0 saturated heterocycles. The van der Waals surface area contributed by atoms with Gasteiger partial charge < -0.3 is 14.1 Å². The van der Waals surface area contributed by atoms with Crippen LogP contribution >= 0.6 is 15.9 Å². The number of tetrazole rings is 1. The normalized spacial score (nSPS) is 11.7. The molecular formula is C44H38BrN7O3. The van der Waals surface area contributed by atoms with Gasteiger partial charge in [0.1, 0.15) is 23.7 Å². The Labute approximate surface area is 327 Å². The predicted molar refractivity (Wildman–Crippen MR) is 216 cm³/mol. The number of halogens is 1. The number of nitriles is 1. The zero-order valence-corrected chi connectivity index (χ0v) is 32.1. The SMILES string of the molecule is CCCC/C(=N/C#N)N(CC(=O)OC)Cc1ccc2oc(-c3ccccc3-c3nnn(C(c4ccccc4)(c4ccccc4)c4ccccc4)n3)c(Br)c2c1. The first kappa shape index (κ1) is 37.0. The number of aromatic nitrogens is 4. The van der Waals surface area contributed by atoms with Crippen molar-refractivity contribution in [2.45, 2.75) is 38.3 Å². The highest BCUT2D eigenvalue weighted by molar-refractivity contribution is 9.10. The Morgan fingerprint density at radius 1 is 0.891 bits per heavy atom. The summed E-state index contributed by atoms with van der Waals surface area (Å²) in [5, 5.41) is 24.9. The van der Waals surface area contributed by atoms with E-state index in [1.54, 1.807) is 9.70 Å². The first-order valence-electron chi connectivity index (χ1n) is 18.0. The number of nitrogens with zero attached hydrogens (tertiary/aromatic N) is 7. The molecule has 0 aliphatic rings. The lowest BCUT2D eigenvalue weighted by Gasteiger charge is -2.34. The number of hydrogen-bond acceptors (Lipinski definition) is 8. The number of unbranched alkanes of at least 4 members (excludes halogenated alkanes) is 1. The standard InChI is InChI=1S/C44H38BrN7O3/c1-3-4-24-39(47-30-46)51(29-40(53)54-2)28-31-25-26-38-37(27-31)41(45)42(55-38)35-22-14-15-23-36(35)43-48-50-52(49-43)44(32-16-8-5-9-17-32,33-18-10-6-11-19-33)34-20-12-7-13-21-34/h5-23,25-27H,3-4,24,28-29H2,1-2H3/b47-39-. The van der Waals surface area contributed by atoms with E-state index in [9.17, 15) is 10.1 Å². The number of carbonyl (C=O) groups is 1. The summed E-state index contributed by atoms with van der Waals surface area (Å²) < 4.78 is 12.3. The van der Waals surface area contributed by atoms with Gasteiger partial charge in [-0.15, -0.1) is 15.0 Å². The van der Waals surface area contributed by atoms with Crippen LogP contribution < -0.4 is 0 Å². The third-order valence-electron chi connectivity index (χ3n) is 9.61. The summed E-state index contributed by atoms with van der Waals surface area (Å²) in [5.41, 5.74) is 5.15. The second-order valence-electron chi connectivity index (χ2n) is 13.0. The molecule has 11 heteroatoms. The number of carbonyl (C=O) groups excluding carboxylic acids is 1. The smallest absolute Gasteiger partial charge is 0.325 e. The molecule has 0 N–H and O–H groups in total. The number of aliphatic imine (C=N–C) groups is 1. The molecule has 0 aliphatic heterocycles. The molecule has 0 saturated carbocycles. The van der Waals surface area contributed by atoms with Gasteiger partial charge in [-0.05, 0) is 62.0 Å².